The highest BCUT2D eigenvalue weighted by Gasteiger charge is 2.15. The number of rotatable bonds is 3. The van der Waals surface area contributed by atoms with Crippen LogP contribution in [0.2, 0.25) is 0 Å². The Morgan fingerprint density at radius 3 is 2.82 bits per heavy atom. The Hall–Kier alpha value is -2.37. The average molecular weight is 233 g/mol. The number of H-pyrrole nitrogens is 1. The van der Waals surface area contributed by atoms with Crippen molar-refractivity contribution in [2.45, 2.75) is 6.92 Å². The number of nitrogens with zero attached hydrogens (tertiary/aromatic N) is 2. The first-order chi connectivity index (χ1) is 8.13. The van der Waals surface area contributed by atoms with Crippen molar-refractivity contribution < 1.29 is 14.6 Å². The van der Waals surface area contributed by atoms with Crippen molar-refractivity contribution in [1.82, 2.24) is 15.2 Å². The number of carboxylic acids is 1. The molecule has 2 aromatic heterocycles. The van der Waals surface area contributed by atoms with Gasteiger partial charge in [-0.3, -0.25) is 5.10 Å². The highest BCUT2D eigenvalue weighted by atomic mass is 16.5. The lowest BCUT2D eigenvalue weighted by Gasteiger charge is -2.05. The van der Waals surface area contributed by atoms with Gasteiger partial charge in [0.1, 0.15) is 5.56 Å². The molecule has 2 rings (SSSR count). The molecule has 0 spiro atoms. The summed E-state index contributed by atoms with van der Waals surface area (Å²) in [6, 6.07) is 1.80. The molecule has 0 aliphatic heterocycles. The fourth-order valence-corrected chi connectivity index (χ4v) is 1.58. The van der Waals surface area contributed by atoms with Crippen molar-refractivity contribution in [3.63, 3.8) is 0 Å². The second-order valence-electron chi connectivity index (χ2n) is 3.51. The molecule has 0 saturated carbocycles. The molecule has 6 heteroatoms. The normalized spacial score (nSPS) is 10.2. The summed E-state index contributed by atoms with van der Waals surface area (Å²) in [7, 11) is 1.54. The van der Waals surface area contributed by atoms with Crippen LogP contribution in [0.1, 0.15) is 15.9 Å². The van der Waals surface area contributed by atoms with Gasteiger partial charge in [0.15, 0.2) is 0 Å². The maximum Gasteiger partial charge on any atom is 0.339 e. The summed E-state index contributed by atoms with van der Waals surface area (Å²) in [5.74, 6) is -0.507. The Bertz CT molecular complexity index is 563. The molecule has 2 aromatic rings. The Kier molecular flexibility index (Phi) is 2.78. The van der Waals surface area contributed by atoms with Crippen LogP contribution in [-0.4, -0.2) is 33.4 Å². The number of methoxy groups -OCH3 is 1. The van der Waals surface area contributed by atoms with Gasteiger partial charge < -0.3 is 9.84 Å². The molecule has 2 heterocycles. The molecule has 0 aliphatic rings. The molecule has 0 unspecified atom stereocenters. The second-order valence-corrected chi connectivity index (χ2v) is 3.51. The van der Waals surface area contributed by atoms with Crippen LogP contribution >= 0.6 is 0 Å². The van der Waals surface area contributed by atoms with E-state index in [0.29, 0.717) is 17.1 Å². The minimum Gasteiger partial charge on any atom is -0.481 e. The summed E-state index contributed by atoms with van der Waals surface area (Å²) in [5.41, 5.74) is 2.06. The molecule has 0 aromatic carbocycles. The number of pyridine rings is 1. The fraction of sp³-hybridized carbons (Fsp3) is 0.182. The minimum atomic E-state index is -1.03. The zero-order valence-electron chi connectivity index (χ0n) is 9.39. The summed E-state index contributed by atoms with van der Waals surface area (Å²) in [5, 5.41) is 15.4. The Labute approximate surface area is 97.3 Å². The highest BCUT2D eigenvalue weighted by Crippen LogP contribution is 2.24. The molecule has 0 radical (unpaired) electrons. The number of aromatic nitrogens is 3. The van der Waals surface area contributed by atoms with E-state index in [2.05, 4.69) is 15.2 Å². The van der Waals surface area contributed by atoms with Crippen molar-refractivity contribution in [1.29, 1.82) is 0 Å². The van der Waals surface area contributed by atoms with Gasteiger partial charge in [-0.15, -0.1) is 0 Å². The van der Waals surface area contributed by atoms with Gasteiger partial charge in [-0.25, -0.2) is 9.78 Å². The number of hydrogen-bond acceptors (Lipinski definition) is 4. The third-order valence-electron chi connectivity index (χ3n) is 2.38. The van der Waals surface area contributed by atoms with E-state index in [1.807, 2.05) is 6.92 Å². The molecule has 17 heavy (non-hydrogen) atoms. The molecule has 6 nitrogen and oxygen atoms in total. The quantitative estimate of drug-likeness (QED) is 0.838. The lowest BCUT2D eigenvalue weighted by atomic mass is 10.1. The van der Waals surface area contributed by atoms with Gasteiger partial charge in [-0.05, 0) is 13.0 Å². The maximum atomic E-state index is 11.0. The topological polar surface area (TPSA) is 88.1 Å². The molecule has 0 bridgehead atoms. The molecule has 2 N–H and O–H groups in total. The summed E-state index contributed by atoms with van der Waals surface area (Å²) >= 11 is 0. The molecule has 88 valence electrons. The van der Waals surface area contributed by atoms with Crippen LogP contribution in [0.25, 0.3) is 11.3 Å². The standard InChI is InChI=1S/C11H11N3O3/c1-6-3-7(4-12-10(6)17-2)9-8(11(15)16)5-13-14-9/h3-5H,1-2H3,(H,13,14)(H,15,16). The highest BCUT2D eigenvalue weighted by molar-refractivity contribution is 5.94. The first-order valence-electron chi connectivity index (χ1n) is 4.91. The van der Waals surface area contributed by atoms with Crippen molar-refractivity contribution in [3.05, 3.63) is 29.6 Å². The smallest absolute Gasteiger partial charge is 0.339 e. The van der Waals surface area contributed by atoms with Crippen molar-refractivity contribution >= 4 is 5.97 Å². The molecule has 0 atom stereocenters. The summed E-state index contributed by atoms with van der Waals surface area (Å²) in [4.78, 5) is 15.0. The summed E-state index contributed by atoms with van der Waals surface area (Å²) in [6.45, 7) is 1.84. The van der Waals surface area contributed by atoms with Crippen LogP contribution in [-0.2, 0) is 0 Å². The summed E-state index contributed by atoms with van der Waals surface area (Å²) in [6.07, 6.45) is 2.82. The van der Waals surface area contributed by atoms with Crippen molar-refractivity contribution in [2.24, 2.45) is 0 Å². The lowest BCUT2D eigenvalue weighted by Crippen LogP contribution is -1.98. The van der Waals surface area contributed by atoms with Gasteiger partial charge in [0.05, 0.1) is 19.0 Å². The van der Waals surface area contributed by atoms with E-state index in [1.54, 1.807) is 12.3 Å². The van der Waals surface area contributed by atoms with E-state index in [4.69, 9.17) is 9.84 Å². The van der Waals surface area contributed by atoms with Crippen LogP contribution in [0, 0.1) is 6.92 Å². The van der Waals surface area contributed by atoms with Crippen LogP contribution in [0.4, 0.5) is 0 Å². The van der Waals surface area contributed by atoms with Gasteiger partial charge in [0.25, 0.3) is 0 Å². The lowest BCUT2D eigenvalue weighted by molar-refractivity contribution is 0.0698. The Morgan fingerprint density at radius 2 is 2.24 bits per heavy atom. The van der Waals surface area contributed by atoms with Crippen molar-refractivity contribution in [3.8, 4) is 17.1 Å². The molecule has 0 amide bonds. The van der Waals surface area contributed by atoms with E-state index in [9.17, 15) is 4.79 Å². The second kappa shape index (κ2) is 4.25. The third-order valence-corrected chi connectivity index (χ3v) is 2.38. The predicted octanol–water partition coefficient (Wildman–Crippen LogP) is 1.49. The molecule has 0 saturated heterocycles. The molecule has 0 aliphatic carbocycles. The predicted molar refractivity (Wildman–Crippen MR) is 60.1 cm³/mol. The van der Waals surface area contributed by atoms with Crippen LogP contribution < -0.4 is 4.74 Å². The number of aromatic amines is 1. The van der Waals surface area contributed by atoms with E-state index >= 15 is 0 Å². The van der Waals surface area contributed by atoms with E-state index in [-0.39, 0.29) is 5.56 Å². The van der Waals surface area contributed by atoms with Gasteiger partial charge in [0, 0.05) is 17.3 Å². The maximum absolute atomic E-state index is 11.0. The van der Waals surface area contributed by atoms with Crippen LogP contribution in [0.15, 0.2) is 18.5 Å². The Balaban J connectivity index is 2.50. The number of hydrogen-bond donors (Lipinski definition) is 2. The minimum absolute atomic E-state index is 0.122. The van der Waals surface area contributed by atoms with Gasteiger partial charge in [-0.2, -0.15) is 5.10 Å². The van der Waals surface area contributed by atoms with Crippen molar-refractivity contribution in [2.75, 3.05) is 7.11 Å². The van der Waals surface area contributed by atoms with Gasteiger partial charge in [-0.1, -0.05) is 0 Å². The average Bonchev–Trinajstić information content (AvgIpc) is 2.77. The molecule has 0 fully saturated rings. The number of carboxylic acid groups (broad SMARTS) is 1. The largest absolute Gasteiger partial charge is 0.481 e. The van der Waals surface area contributed by atoms with Crippen LogP contribution in [0.3, 0.4) is 0 Å². The first kappa shape index (κ1) is 11.1. The van der Waals surface area contributed by atoms with Gasteiger partial charge >= 0.3 is 5.97 Å². The van der Waals surface area contributed by atoms with E-state index < -0.39 is 5.97 Å². The third kappa shape index (κ3) is 1.96. The number of nitrogens with one attached hydrogen (secondary N) is 1. The van der Waals surface area contributed by atoms with E-state index in [1.165, 1.54) is 13.3 Å². The van der Waals surface area contributed by atoms with Gasteiger partial charge in [0.2, 0.25) is 5.88 Å². The van der Waals surface area contributed by atoms with E-state index in [0.717, 1.165) is 5.56 Å². The Morgan fingerprint density at radius 1 is 1.47 bits per heavy atom. The monoisotopic (exact) mass is 233 g/mol. The molecular formula is C11H11N3O3. The fourth-order valence-electron chi connectivity index (χ4n) is 1.58. The number of ether oxygens (including phenoxy) is 1. The SMILES string of the molecule is COc1ncc(-c2[nH]ncc2C(=O)O)cc1C. The number of aromatic carboxylic acids is 1. The number of carbonyl (C=O) groups is 1. The first-order valence-corrected chi connectivity index (χ1v) is 4.91. The van der Waals surface area contributed by atoms with Crippen LogP contribution in [0.5, 0.6) is 5.88 Å². The zero-order valence-corrected chi connectivity index (χ0v) is 9.39. The zero-order chi connectivity index (χ0) is 12.4. The summed E-state index contributed by atoms with van der Waals surface area (Å²) < 4.78 is 5.04. The molecular weight excluding hydrogens is 222 g/mol. The number of aryl methyl sites for hydroxylation is 1.